The molecule has 2 N–H and O–H groups in total. The number of aromatic nitrogens is 3. The Bertz CT molecular complexity index is 1500. The molecule has 188 valence electrons. The van der Waals surface area contributed by atoms with E-state index in [1.165, 1.54) is 6.33 Å². The van der Waals surface area contributed by atoms with E-state index in [2.05, 4.69) is 36.6 Å². The second-order valence-electron chi connectivity index (χ2n) is 8.75. The van der Waals surface area contributed by atoms with E-state index in [1.807, 2.05) is 80.6 Å². The Hall–Kier alpha value is -4.11. The molecule has 3 aromatic carbocycles. The highest BCUT2D eigenvalue weighted by molar-refractivity contribution is 9.10. The van der Waals surface area contributed by atoms with E-state index in [-0.39, 0.29) is 5.91 Å². The first-order valence-electron chi connectivity index (χ1n) is 11.7. The minimum absolute atomic E-state index is 0.226. The normalized spacial score (nSPS) is 14.5. The second kappa shape index (κ2) is 10.5. The van der Waals surface area contributed by atoms with E-state index in [9.17, 15) is 4.79 Å². The summed E-state index contributed by atoms with van der Waals surface area (Å²) in [5, 5.41) is 10.6. The Balaban J connectivity index is 1.47. The van der Waals surface area contributed by atoms with E-state index in [1.54, 1.807) is 11.8 Å². The molecule has 0 radical (unpaired) electrons. The molecule has 0 fully saturated rings. The summed E-state index contributed by atoms with van der Waals surface area (Å²) in [5.41, 5.74) is 4.85. The Kier molecular flexibility index (Phi) is 6.96. The number of fused-ring (bicyclic) bond motifs is 1. The van der Waals surface area contributed by atoms with E-state index in [0.29, 0.717) is 35.3 Å². The van der Waals surface area contributed by atoms with Crippen LogP contribution in [-0.4, -0.2) is 27.8 Å². The number of methoxy groups -OCH3 is 1. The highest BCUT2D eigenvalue weighted by atomic mass is 79.9. The highest BCUT2D eigenvalue weighted by Gasteiger charge is 2.34. The second-order valence-corrected chi connectivity index (χ2v) is 9.66. The first-order chi connectivity index (χ1) is 17.9. The smallest absolute Gasteiger partial charge is 0.255 e. The Morgan fingerprint density at radius 2 is 1.92 bits per heavy atom. The quantitative estimate of drug-likeness (QED) is 0.294. The number of hydrogen-bond acceptors (Lipinski definition) is 6. The third-order valence-corrected chi connectivity index (χ3v) is 6.59. The number of carbonyl (C=O) groups excluding carboxylic acids is 1. The Morgan fingerprint density at radius 3 is 2.70 bits per heavy atom. The molecule has 1 amide bonds. The fourth-order valence-corrected chi connectivity index (χ4v) is 4.82. The lowest BCUT2D eigenvalue weighted by molar-refractivity contribution is -0.113. The van der Waals surface area contributed by atoms with Gasteiger partial charge >= 0.3 is 0 Å². The van der Waals surface area contributed by atoms with Gasteiger partial charge in [0.25, 0.3) is 5.91 Å². The molecule has 1 unspecified atom stereocenters. The molecule has 8 nitrogen and oxygen atoms in total. The number of anilines is 2. The number of carbonyl (C=O) groups is 1. The molecular formula is C28H26BrN5O3. The van der Waals surface area contributed by atoms with Gasteiger partial charge in [-0.05, 0) is 66.9 Å². The summed E-state index contributed by atoms with van der Waals surface area (Å²) in [6.07, 6.45) is 1.47. The molecule has 0 bridgehead atoms. The highest BCUT2D eigenvalue weighted by Crippen LogP contribution is 2.39. The first-order valence-corrected chi connectivity index (χ1v) is 12.5. The maximum Gasteiger partial charge on any atom is 0.255 e. The minimum atomic E-state index is -0.517. The van der Waals surface area contributed by atoms with Gasteiger partial charge in [-0.25, -0.2) is 4.68 Å². The van der Waals surface area contributed by atoms with Crippen molar-refractivity contribution in [3.63, 3.8) is 0 Å². The number of nitrogens with zero attached hydrogens (tertiary/aromatic N) is 3. The van der Waals surface area contributed by atoms with Crippen LogP contribution in [0.2, 0.25) is 0 Å². The molecule has 0 saturated carbocycles. The van der Waals surface area contributed by atoms with Gasteiger partial charge < -0.3 is 20.1 Å². The molecule has 1 aliphatic rings. The fourth-order valence-electron chi connectivity index (χ4n) is 4.38. The lowest BCUT2D eigenvalue weighted by Crippen LogP contribution is -2.31. The van der Waals surface area contributed by atoms with Crippen molar-refractivity contribution in [3.8, 4) is 11.5 Å². The number of halogens is 1. The van der Waals surface area contributed by atoms with Gasteiger partial charge in [-0.15, -0.1) is 0 Å². The topological polar surface area (TPSA) is 90.3 Å². The van der Waals surface area contributed by atoms with Crippen LogP contribution in [0.3, 0.4) is 0 Å². The van der Waals surface area contributed by atoms with Gasteiger partial charge in [-0.1, -0.05) is 46.3 Å². The van der Waals surface area contributed by atoms with Crippen molar-refractivity contribution < 1.29 is 14.3 Å². The lowest BCUT2D eigenvalue weighted by Gasteiger charge is -2.29. The third kappa shape index (κ3) is 5.22. The number of nitrogens with one attached hydrogen (secondary N) is 2. The van der Waals surface area contributed by atoms with Crippen LogP contribution in [0.15, 0.2) is 88.8 Å². The molecule has 2 heterocycles. The predicted molar refractivity (Wildman–Crippen MR) is 146 cm³/mol. The van der Waals surface area contributed by atoms with Gasteiger partial charge in [0.15, 0.2) is 11.5 Å². The maximum absolute atomic E-state index is 13.6. The molecule has 1 aromatic heterocycles. The molecule has 0 spiro atoms. The molecule has 0 saturated heterocycles. The molecule has 1 aliphatic heterocycles. The fraction of sp³-hybridized carbons (Fsp3) is 0.179. The number of hydrogen-bond donors (Lipinski definition) is 2. The van der Waals surface area contributed by atoms with Gasteiger partial charge in [0.2, 0.25) is 5.95 Å². The van der Waals surface area contributed by atoms with Gasteiger partial charge in [-0.2, -0.15) is 10.1 Å². The van der Waals surface area contributed by atoms with Crippen molar-refractivity contribution in [2.75, 3.05) is 17.7 Å². The Morgan fingerprint density at radius 1 is 1.08 bits per heavy atom. The van der Waals surface area contributed by atoms with Crippen LogP contribution in [0.1, 0.15) is 29.7 Å². The van der Waals surface area contributed by atoms with Crippen LogP contribution in [0.5, 0.6) is 11.5 Å². The van der Waals surface area contributed by atoms with Crippen molar-refractivity contribution in [1.82, 2.24) is 14.8 Å². The molecule has 9 heteroatoms. The summed E-state index contributed by atoms with van der Waals surface area (Å²) in [6, 6.07) is 20.8. The summed E-state index contributed by atoms with van der Waals surface area (Å²) in [4.78, 5) is 17.9. The zero-order valence-corrected chi connectivity index (χ0v) is 22.2. The maximum atomic E-state index is 13.6. The number of aryl methyl sites for hydroxylation is 1. The SMILES string of the molecule is COc1cc(C2C(C(=O)Nc3cccc(C)c3)=C(C)Nc3ncnn32)ccc1OCc1cccc(Br)c1. The van der Waals surface area contributed by atoms with Gasteiger partial charge in [0.1, 0.15) is 19.0 Å². The summed E-state index contributed by atoms with van der Waals surface area (Å²) in [5.74, 6) is 1.49. The molecule has 4 aromatic rings. The van der Waals surface area contributed by atoms with E-state index in [0.717, 1.165) is 26.9 Å². The molecule has 37 heavy (non-hydrogen) atoms. The van der Waals surface area contributed by atoms with Crippen molar-refractivity contribution in [2.24, 2.45) is 0 Å². The third-order valence-electron chi connectivity index (χ3n) is 6.10. The van der Waals surface area contributed by atoms with E-state index < -0.39 is 6.04 Å². The van der Waals surface area contributed by atoms with Crippen molar-refractivity contribution in [3.05, 3.63) is 105 Å². The number of amides is 1. The van der Waals surface area contributed by atoms with Crippen LogP contribution >= 0.6 is 15.9 Å². The largest absolute Gasteiger partial charge is 0.493 e. The van der Waals surface area contributed by atoms with Crippen molar-refractivity contribution in [2.45, 2.75) is 26.5 Å². The summed E-state index contributed by atoms with van der Waals surface area (Å²) < 4.78 is 14.4. The Labute approximate surface area is 223 Å². The molecule has 5 rings (SSSR count). The first kappa shape index (κ1) is 24.6. The van der Waals surface area contributed by atoms with Crippen molar-refractivity contribution >= 4 is 33.5 Å². The van der Waals surface area contributed by atoms with E-state index in [4.69, 9.17) is 9.47 Å². The molecule has 1 atom stereocenters. The average molecular weight is 560 g/mol. The van der Waals surface area contributed by atoms with Gasteiger partial charge in [-0.3, -0.25) is 4.79 Å². The van der Waals surface area contributed by atoms with Crippen LogP contribution < -0.4 is 20.1 Å². The van der Waals surface area contributed by atoms with E-state index >= 15 is 0 Å². The molecular weight excluding hydrogens is 534 g/mol. The van der Waals surface area contributed by atoms with Gasteiger partial charge in [0.05, 0.1) is 12.7 Å². The number of ether oxygens (including phenoxy) is 2. The minimum Gasteiger partial charge on any atom is -0.493 e. The predicted octanol–water partition coefficient (Wildman–Crippen LogP) is 5.86. The number of rotatable bonds is 7. The van der Waals surface area contributed by atoms with Crippen LogP contribution in [-0.2, 0) is 11.4 Å². The monoisotopic (exact) mass is 559 g/mol. The summed E-state index contributed by atoms with van der Waals surface area (Å²) in [7, 11) is 1.60. The van der Waals surface area contributed by atoms with Crippen LogP contribution in [0.25, 0.3) is 0 Å². The van der Waals surface area contributed by atoms with Crippen LogP contribution in [0, 0.1) is 6.92 Å². The zero-order valence-electron chi connectivity index (χ0n) is 20.7. The number of allylic oxidation sites excluding steroid dienone is 1. The summed E-state index contributed by atoms with van der Waals surface area (Å²) in [6.45, 7) is 4.24. The van der Waals surface area contributed by atoms with Crippen molar-refractivity contribution in [1.29, 1.82) is 0 Å². The summed E-state index contributed by atoms with van der Waals surface area (Å²) >= 11 is 3.49. The number of benzene rings is 3. The molecule has 0 aliphatic carbocycles. The van der Waals surface area contributed by atoms with Crippen LogP contribution in [0.4, 0.5) is 11.6 Å². The lowest BCUT2D eigenvalue weighted by atomic mass is 9.94. The average Bonchev–Trinajstić information content (AvgIpc) is 3.34. The zero-order chi connectivity index (χ0) is 25.9. The standard InChI is InChI=1S/C28H26BrN5O3/c1-17-6-4-9-22(12-17)33-27(35)25-18(2)32-28-30-16-31-34(28)26(25)20-10-11-23(24(14-20)36-3)37-15-19-7-5-8-21(29)13-19/h4-14,16,26H,15H2,1-3H3,(H,33,35)(H,30,31,32). The van der Waals surface area contributed by atoms with Gasteiger partial charge in [0, 0.05) is 15.9 Å².